The maximum Gasteiger partial charge on any atom is 0.303 e. The van der Waals surface area contributed by atoms with E-state index in [2.05, 4.69) is 12.2 Å². The highest BCUT2D eigenvalue weighted by atomic mass is 32.2. The molecular formula is C21H28O4S. The number of allylic oxidation sites excluding steroid dienone is 2. The smallest absolute Gasteiger partial charge is 0.303 e. The molecule has 0 heterocycles. The maximum atomic E-state index is 12.8. The molecule has 0 unspecified atom stereocenters. The zero-order valence-corrected chi connectivity index (χ0v) is 15.9. The second-order valence-corrected chi connectivity index (χ2v) is 9.78. The molecule has 0 radical (unpaired) electrons. The van der Waals surface area contributed by atoms with E-state index in [9.17, 15) is 13.2 Å². The molecule has 0 spiro atoms. The average Bonchev–Trinajstić information content (AvgIpc) is 3.20. The van der Waals surface area contributed by atoms with Crippen LogP contribution >= 0.6 is 0 Å². The van der Waals surface area contributed by atoms with Crippen LogP contribution in [-0.4, -0.2) is 25.2 Å². The van der Waals surface area contributed by atoms with E-state index in [-0.39, 0.29) is 18.1 Å². The number of carbonyl (C=O) groups is 1. The van der Waals surface area contributed by atoms with Crippen LogP contribution in [0.1, 0.15) is 44.9 Å². The van der Waals surface area contributed by atoms with Gasteiger partial charge in [-0.2, -0.15) is 0 Å². The molecule has 2 bridgehead atoms. The highest BCUT2D eigenvalue weighted by Crippen LogP contribution is 2.54. The van der Waals surface area contributed by atoms with Gasteiger partial charge in [0.05, 0.1) is 10.6 Å². The summed E-state index contributed by atoms with van der Waals surface area (Å²) in [6.45, 7) is 0. The van der Waals surface area contributed by atoms with E-state index in [0.717, 1.165) is 12.8 Å². The Labute approximate surface area is 156 Å². The van der Waals surface area contributed by atoms with Crippen molar-refractivity contribution in [2.24, 2.45) is 23.7 Å². The fourth-order valence-corrected chi connectivity index (χ4v) is 6.67. The van der Waals surface area contributed by atoms with Gasteiger partial charge in [0.1, 0.15) is 0 Å². The van der Waals surface area contributed by atoms with Crippen LogP contribution in [0.3, 0.4) is 0 Å². The number of rotatable bonds is 9. The summed E-state index contributed by atoms with van der Waals surface area (Å²) in [5.74, 6) is 1.40. The number of aliphatic carboxylic acids is 1. The molecule has 5 heteroatoms. The molecule has 2 aliphatic rings. The van der Waals surface area contributed by atoms with Crippen LogP contribution in [0, 0.1) is 23.7 Å². The number of benzene rings is 1. The van der Waals surface area contributed by atoms with Crippen molar-refractivity contribution in [3.63, 3.8) is 0 Å². The molecule has 0 saturated heterocycles. The molecular weight excluding hydrogens is 348 g/mol. The fourth-order valence-electron chi connectivity index (χ4n) is 4.88. The second-order valence-electron chi connectivity index (χ2n) is 7.75. The predicted molar refractivity (Wildman–Crippen MR) is 102 cm³/mol. The molecule has 26 heavy (non-hydrogen) atoms. The maximum absolute atomic E-state index is 12.8. The lowest BCUT2D eigenvalue weighted by atomic mass is 9.78. The van der Waals surface area contributed by atoms with Gasteiger partial charge in [-0.05, 0) is 74.3 Å². The summed E-state index contributed by atoms with van der Waals surface area (Å²) in [4.78, 5) is 11.0. The quantitative estimate of drug-likeness (QED) is 0.514. The van der Waals surface area contributed by atoms with Crippen molar-refractivity contribution < 1.29 is 18.3 Å². The zero-order valence-electron chi connectivity index (χ0n) is 15.1. The Balaban J connectivity index is 1.60. The summed E-state index contributed by atoms with van der Waals surface area (Å²) < 4.78 is 25.6. The normalized spacial score (nSPS) is 28.0. The number of carboxylic acid groups (broad SMARTS) is 1. The van der Waals surface area contributed by atoms with E-state index in [0.29, 0.717) is 29.1 Å². The predicted octanol–water partition coefficient (Wildman–Crippen LogP) is 4.32. The largest absolute Gasteiger partial charge is 0.481 e. The van der Waals surface area contributed by atoms with E-state index < -0.39 is 15.8 Å². The van der Waals surface area contributed by atoms with Crippen molar-refractivity contribution in [1.29, 1.82) is 0 Å². The van der Waals surface area contributed by atoms with Crippen LogP contribution in [0.2, 0.25) is 0 Å². The Hall–Kier alpha value is -1.62. The van der Waals surface area contributed by atoms with E-state index >= 15 is 0 Å². The molecule has 3 rings (SSSR count). The first kappa shape index (κ1) is 19.2. The van der Waals surface area contributed by atoms with E-state index in [1.54, 1.807) is 24.3 Å². The minimum absolute atomic E-state index is 0.205. The Morgan fingerprint density at radius 2 is 1.77 bits per heavy atom. The number of fused-ring (bicyclic) bond motifs is 2. The highest BCUT2D eigenvalue weighted by Gasteiger charge is 2.48. The number of carboxylic acids is 1. The molecule has 2 fully saturated rings. The minimum Gasteiger partial charge on any atom is -0.481 e. The fraction of sp³-hybridized carbons (Fsp3) is 0.571. The minimum atomic E-state index is -3.24. The van der Waals surface area contributed by atoms with Crippen molar-refractivity contribution in [2.75, 3.05) is 5.75 Å². The van der Waals surface area contributed by atoms with Crippen LogP contribution in [0.5, 0.6) is 0 Å². The Morgan fingerprint density at radius 1 is 1.08 bits per heavy atom. The topological polar surface area (TPSA) is 71.4 Å². The lowest BCUT2D eigenvalue weighted by molar-refractivity contribution is -0.137. The van der Waals surface area contributed by atoms with Crippen molar-refractivity contribution in [2.45, 2.75) is 49.8 Å². The third-order valence-corrected chi connectivity index (χ3v) is 7.94. The zero-order chi connectivity index (χ0) is 18.6. The lowest BCUT2D eigenvalue weighted by Crippen LogP contribution is -2.29. The Kier molecular flexibility index (Phi) is 6.17. The first-order valence-corrected chi connectivity index (χ1v) is 11.3. The molecule has 0 aromatic heterocycles. The lowest BCUT2D eigenvalue weighted by Gasteiger charge is -2.30. The van der Waals surface area contributed by atoms with Gasteiger partial charge in [0, 0.05) is 6.42 Å². The molecule has 1 aromatic carbocycles. The molecule has 142 valence electrons. The number of sulfone groups is 1. The summed E-state index contributed by atoms with van der Waals surface area (Å²) in [6.07, 6.45) is 10.3. The third kappa shape index (κ3) is 4.56. The van der Waals surface area contributed by atoms with Gasteiger partial charge in [0.25, 0.3) is 0 Å². The van der Waals surface area contributed by atoms with Crippen molar-refractivity contribution in [3.8, 4) is 0 Å². The van der Waals surface area contributed by atoms with Gasteiger partial charge in [0.2, 0.25) is 0 Å². The van der Waals surface area contributed by atoms with E-state index in [4.69, 9.17) is 5.11 Å². The second kappa shape index (κ2) is 8.38. The van der Waals surface area contributed by atoms with E-state index in [1.165, 1.54) is 19.3 Å². The van der Waals surface area contributed by atoms with Gasteiger partial charge in [0.15, 0.2) is 9.84 Å². The SMILES string of the molecule is O=C(O)CCC/C=C\C[C@H]1[C@H]2CC[C@H](C2)[C@H]1CS(=O)(=O)c1ccccc1. The highest BCUT2D eigenvalue weighted by molar-refractivity contribution is 7.91. The van der Waals surface area contributed by atoms with Gasteiger partial charge < -0.3 is 5.11 Å². The van der Waals surface area contributed by atoms with Crippen molar-refractivity contribution in [1.82, 2.24) is 0 Å². The van der Waals surface area contributed by atoms with Crippen LogP contribution in [0.25, 0.3) is 0 Å². The molecule has 1 N–H and O–H groups in total. The summed E-state index contributed by atoms with van der Waals surface area (Å²) in [5, 5.41) is 8.67. The van der Waals surface area contributed by atoms with Gasteiger partial charge in [-0.25, -0.2) is 8.42 Å². The molecule has 4 atom stereocenters. The Bertz CT molecular complexity index is 739. The van der Waals surface area contributed by atoms with Crippen molar-refractivity contribution in [3.05, 3.63) is 42.5 Å². The summed E-state index contributed by atoms with van der Waals surface area (Å²) >= 11 is 0. The number of hydrogen-bond donors (Lipinski definition) is 1. The first-order chi connectivity index (χ1) is 12.5. The summed E-state index contributed by atoms with van der Waals surface area (Å²) in [5.41, 5.74) is 0. The van der Waals surface area contributed by atoms with Crippen LogP contribution in [0.4, 0.5) is 0 Å². The van der Waals surface area contributed by atoms with Crippen LogP contribution in [-0.2, 0) is 14.6 Å². The third-order valence-electron chi connectivity index (χ3n) is 6.13. The molecule has 1 aromatic rings. The van der Waals surface area contributed by atoms with Crippen LogP contribution in [0.15, 0.2) is 47.4 Å². The summed E-state index contributed by atoms with van der Waals surface area (Å²) in [6, 6.07) is 8.80. The molecule has 2 saturated carbocycles. The van der Waals surface area contributed by atoms with Gasteiger partial charge in [-0.15, -0.1) is 0 Å². The molecule has 0 amide bonds. The number of unbranched alkanes of at least 4 members (excludes halogenated alkanes) is 1. The van der Waals surface area contributed by atoms with Crippen molar-refractivity contribution >= 4 is 15.8 Å². The standard InChI is InChI=1S/C21H28O4S/c22-21(23)11-7-2-1-6-10-19-16-12-13-17(14-16)20(19)15-26(24,25)18-8-4-3-5-9-18/h1,3-6,8-9,16-17,19-20H,2,7,10-15H2,(H,22,23)/b6-1-/t16-,17+,19-,20+/m0/s1. The summed E-state index contributed by atoms with van der Waals surface area (Å²) in [7, 11) is -3.24. The number of hydrogen-bond acceptors (Lipinski definition) is 3. The average molecular weight is 377 g/mol. The molecule has 2 aliphatic carbocycles. The monoisotopic (exact) mass is 376 g/mol. The van der Waals surface area contributed by atoms with Gasteiger partial charge in [-0.3, -0.25) is 4.79 Å². The van der Waals surface area contributed by atoms with Crippen LogP contribution < -0.4 is 0 Å². The van der Waals surface area contributed by atoms with Gasteiger partial charge >= 0.3 is 5.97 Å². The van der Waals surface area contributed by atoms with E-state index in [1.807, 2.05) is 6.07 Å². The van der Waals surface area contributed by atoms with Gasteiger partial charge in [-0.1, -0.05) is 30.4 Å². The first-order valence-electron chi connectivity index (χ1n) is 9.62. The molecule has 0 aliphatic heterocycles. The Morgan fingerprint density at radius 3 is 2.46 bits per heavy atom. The molecule has 4 nitrogen and oxygen atoms in total.